The quantitative estimate of drug-likeness (QED) is 0.136. The monoisotopic (exact) mass is 685 g/mol. The maximum Gasteiger partial charge on any atom is 0.472 e. The van der Waals surface area contributed by atoms with Crippen LogP contribution >= 0.6 is 14.5 Å². The van der Waals surface area contributed by atoms with Gasteiger partial charge in [-0.05, 0) is 24.1 Å². The minimum absolute atomic E-state index is 0.0471. The van der Waals surface area contributed by atoms with E-state index in [9.17, 15) is 24.3 Å². The number of nitrogens with one attached hydrogen (secondary N) is 1. The first-order valence-corrected chi connectivity index (χ1v) is 17.6. The molecule has 0 radical (unpaired) electrons. The Morgan fingerprint density at radius 1 is 1.13 bits per heavy atom. The van der Waals surface area contributed by atoms with Crippen LogP contribution < -0.4 is 17.0 Å². The molecule has 4 aliphatic rings. The fraction of sp³-hybridized carbons (Fsp3) is 0.571. The van der Waals surface area contributed by atoms with Gasteiger partial charge < -0.3 is 44.7 Å². The molecule has 45 heavy (non-hydrogen) atoms. The predicted octanol–water partition coefficient (Wildman–Crippen LogP) is -1.14. The molecule has 2 saturated heterocycles. The van der Waals surface area contributed by atoms with E-state index in [4.69, 9.17) is 46.1 Å². The number of H-pyrrole nitrogens is 1. The van der Waals surface area contributed by atoms with Crippen molar-refractivity contribution >= 4 is 60.4 Å². The van der Waals surface area contributed by atoms with Gasteiger partial charge in [-0.25, -0.2) is 19.5 Å². The number of ether oxygens (including phenoxy) is 1. The molecule has 240 valence electrons. The Labute approximate surface area is 255 Å². The van der Waals surface area contributed by atoms with Gasteiger partial charge in [0, 0.05) is 11.8 Å². The van der Waals surface area contributed by atoms with E-state index < -0.39 is 68.8 Å². The number of fused-ring (bicyclic) bond motifs is 4. The van der Waals surface area contributed by atoms with Crippen molar-refractivity contribution in [2.75, 3.05) is 24.7 Å². The average molecular weight is 686 g/mol. The van der Waals surface area contributed by atoms with Crippen LogP contribution in [0, 0.1) is 11.3 Å². The lowest BCUT2D eigenvalue weighted by molar-refractivity contribution is -0.0654. The zero-order chi connectivity index (χ0) is 31.5. The molecule has 4 aromatic rings. The molecule has 2 aliphatic heterocycles. The van der Waals surface area contributed by atoms with Crippen LogP contribution in [0.15, 0.2) is 17.4 Å². The largest absolute Gasteiger partial charge is 0.472 e. The van der Waals surface area contributed by atoms with Gasteiger partial charge in [0.25, 0.3) is 5.56 Å². The number of hydrogen-bond donors (Lipinski definition) is 6. The molecule has 0 amide bonds. The Balaban J connectivity index is 1.12. The summed E-state index contributed by atoms with van der Waals surface area (Å²) >= 11 is 5.33. The number of nitrogens with two attached hydrogens (primary N) is 2. The van der Waals surface area contributed by atoms with Crippen LogP contribution in [0.1, 0.15) is 25.1 Å². The van der Waals surface area contributed by atoms with Crippen molar-refractivity contribution in [3.63, 3.8) is 0 Å². The third kappa shape index (κ3) is 4.71. The van der Waals surface area contributed by atoms with Crippen molar-refractivity contribution < 1.29 is 42.3 Å². The van der Waals surface area contributed by atoms with Crippen LogP contribution in [0.5, 0.6) is 0 Å². The molecule has 4 aromatic heterocycles. The standard InChI is InChI=1S/C21H25N11O10P2S/c22-15-10-16(25-5-24-15)31(6-26-10)12-8-2-21(8)4-39-43(35,36)41-9-1-7(3-38-44(37,45)42-14(21)13(12)33)40-19(9)32-17-11(29-30-32)18(34)28-20(23)27-17/h5-9,12-14,19,33H,1-4H2,(H,35,36)(H,37,45)(H2,22,24,25)(H3,23,27,28,34). The zero-order valence-corrected chi connectivity index (χ0v) is 25.4. The van der Waals surface area contributed by atoms with E-state index in [2.05, 4.69) is 35.2 Å². The smallest absolute Gasteiger partial charge is 0.388 e. The van der Waals surface area contributed by atoms with Crippen molar-refractivity contribution in [2.24, 2.45) is 11.3 Å². The highest BCUT2D eigenvalue weighted by atomic mass is 32.5. The third-order valence-corrected chi connectivity index (χ3v) is 11.2. The number of hydrogen-bond acceptors (Lipinski definition) is 17. The van der Waals surface area contributed by atoms with Gasteiger partial charge in [-0.15, -0.1) is 5.10 Å². The first-order chi connectivity index (χ1) is 21.4. The predicted molar refractivity (Wildman–Crippen MR) is 152 cm³/mol. The normalized spacial score (nSPS) is 40.0. The van der Waals surface area contributed by atoms with Gasteiger partial charge in [-0.3, -0.25) is 18.8 Å². The van der Waals surface area contributed by atoms with E-state index in [-0.39, 0.29) is 41.9 Å². The Bertz CT molecular complexity index is 2010. The number of aromatic amines is 1. The molecule has 2 aliphatic carbocycles. The van der Waals surface area contributed by atoms with Crippen molar-refractivity contribution in [2.45, 2.75) is 49.5 Å². The van der Waals surface area contributed by atoms with Crippen LogP contribution in [0.2, 0.25) is 0 Å². The fourth-order valence-corrected chi connectivity index (χ4v) is 9.17. The van der Waals surface area contributed by atoms with Crippen LogP contribution in [-0.2, 0) is 39.2 Å². The number of phosphoric acid groups is 1. The van der Waals surface area contributed by atoms with Crippen molar-refractivity contribution in [3.05, 3.63) is 23.0 Å². The Kier molecular flexibility index (Phi) is 6.53. The average Bonchev–Trinajstić information content (AvgIpc) is 3.31. The van der Waals surface area contributed by atoms with Crippen molar-refractivity contribution in [3.8, 4) is 0 Å². The first kappa shape index (κ1) is 29.4. The molecular formula is C21H25N11O10P2S. The molecule has 6 heterocycles. The lowest BCUT2D eigenvalue weighted by Crippen LogP contribution is -2.38. The molecule has 2 saturated carbocycles. The Morgan fingerprint density at radius 2 is 1.96 bits per heavy atom. The summed E-state index contributed by atoms with van der Waals surface area (Å²) in [5.41, 5.74) is 10.4. The van der Waals surface area contributed by atoms with E-state index in [0.717, 1.165) is 4.68 Å². The van der Waals surface area contributed by atoms with E-state index in [1.165, 1.54) is 12.7 Å². The Morgan fingerprint density at radius 3 is 2.78 bits per heavy atom. The molecule has 8 rings (SSSR count). The lowest BCUT2D eigenvalue weighted by Gasteiger charge is -2.31. The van der Waals surface area contributed by atoms with E-state index in [0.29, 0.717) is 17.6 Å². The summed E-state index contributed by atoms with van der Waals surface area (Å²) in [6, 6.07) is -0.701. The highest BCUT2D eigenvalue weighted by Crippen LogP contribution is 2.72. The summed E-state index contributed by atoms with van der Waals surface area (Å²) in [7, 11) is -4.83. The van der Waals surface area contributed by atoms with Crippen molar-refractivity contribution in [1.82, 2.24) is 44.5 Å². The highest BCUT2D eigenvalue weighted by molar-refractivity contribution is 8.07. The van der Waals surface area contributed by atoms with Gasteiger partial charge in [-0.2, -0.15) is 9.67 Å². The third-order valence-electron chi connectivity index (χ3n) is 8.70. The second-order valence-electron chi connectivity index (χ2n) is 11.3. The number of aliphatic hydroxyl groups is 1. The number of nitrogens with zero attached hydrogens (tertiary/aromatic N) is 8. The first-order valence-electron chi connectivity index (χ1n) is 13.5. The van der Waals surface area contributed by atoms with Crippen molar-refractivity contribution in [1.29, 1.82) is 0 Å². The molecule has 1 spiro atoms. The topological polar surface area (TPSA) is 296 Å². The van der Waals surface area contributed by atoms with Gasteiger partial charge in [0.2, 0.25) is 5.95 Å². The van der Waals surface area contributed by atoms with E-state index >= 15 is 0 Å². The summed E-state index contributed by atoms with van der Waals surface area (Å²) in [5, 5.41) is 19.3. The summed E-state index contributed by atoms with van der Waals surface area (Å²) < 4.78 is 44.8. The zero-order valence-electron chi connectivity index (χ0n) is 22.8. The van der Waals surface area contributed by atoms with Gasteiger partial charge in [-0.1, -0.05) is 5.21 Å². The second-order valence-corrected chi connectivity index (χ2v) is 15.5. The van der Waals surface area contributed by atoms with Crippen LogP contribution in [0.3, 0.4) is 0 Å². The number of aromatic nitrogens is 9. The molecule has 0 aromatic carbocycles. The molecule has 4 fully saturated rings. The molecule has 10 atom stereocenters. The summed E-state index contributed by atoms with van der Waals surface area (Å²) in [6.45, 7) is -4.78. The maximum atomic E-state index is 13.4. The number of phosphoric ester groups is 1. The number of anilines is 2. The number of aliphatic hydroxyl groups excluding tert-OH is 1. The van der Waals surface area contributed by atoms with Crippen LogP contribution in [0.4, 0.5) is 11.8 Å². The fourth-order valence-electron chi connectivity index (χ4n) is 6.67. The van der Waals surface area contributed by atoms with Gasteiger partial charge in [0.05, 0.1) is 31.7 Å². The molecule has 21 nitrogen and oxygen atoms in total. The summed E-state index contributed by atoms with van der Waals surface area (Å²) in [6.07, 6.45) is -2.71. The van der Waals surface area contributed by atoms with Crippen LogP contribution in [-0.4, -0.2) is 97.0 Å². The number of nitrogen functional groups attached to an aromatic ring is 2. The number of rotatable bonds is 2. The molecular weight excluding hydrogens is 660 g/mol. The van der Waals surface area contributed by atoms with Gasteiger partial charge >= 0.3 is 14.5 Å². The molecule has 8 N–H and O–H groups in total. The minimum atomic E-state index is -4.83. The highest BCUT2D eigenvalue weighted by Gasteiger charge is 2.74. The molecule has 2 bridgehead atoms. The second kappa shape index (κ2) is 9.99. The van der Waals surface area contributed by atoms with Crippen LogP contribution in [0.25, 0.3) is 22.3 Å². The SMILES string of the molecule is Nc1nc2c(nnn2C2OC3COP(O)(=S)OC4C(O)C(n5cnc6c(N)ncnc65)C5CC54COP(=O)(O)OC2C3)c(=O)[nH]1. The maximum absolute atomic E-state index is 13.4. The van der Waals surface area contributed by atoms with E-state index in [1.54, 1.807) is 4.57 Å². The number of imidazole rings is 1. The Hall–Kier alpha value is -3.01. The van der Waals surface area contributed by atoms with Gasteiger partial charge in [0.15, 0.2) is 28.9 Å². The molecule has 10 unspecified atom stereocenters. The minimum Gasteiger partial charge on any atom is -0.388 e. The van der Waals surface area contributed by atoms with Gasteiger partial charge in [0.1, 0.15) is 30.2 Å². The lowest BCUT2D eigenvalue weighted by atomic mass is 10.0. The van der Waals surface area contributed by atoms with E-state index in [1.807, 2.05) is 0 Å². The summed E-state index contributed by atoms with van der Waals surface area (Å²) in [4.78, 5) is 53.2. The summed E-state index contributed by atoms with van der Waals surface area (Å²) in [5.74, 6) is -0.446. The molecule has 24 heteroatoms.